The van der Waals surface area contributed by atoms with Gasteiger partial charge in [-0.3, -0.25) is 9.20 Å². The number of hydrogen-bond acceptors (Lipinski definition) is 5. The summed E-state index contributed by atoms with van der Waals surface area (Å²) in [6.45, 7) is 0. The standard InChI is InChI=1S/C19H14N6OS/c20-10-14-11-22-25(15-6-2-1-3-7-15)18(14)23-17(26)13-27-19-21-12-16-8-4-5-9-24(16)19/h1-9,11-12H,13H2,(H,23,26). The van der Waals surface area contributed by atoms with Crippen molar-refractivity contribution in [3.05, 3.63) is 72.7 Å². The van der Waals surface area contributed by atoms with Gasteiger partial charge in [0.1, 0.15) is 11.6 Å². The first-order valence-corrected chi connectivity index (χ1v) is 9.13. The van der Waals surface area contributed by atoms with Crippen LogP contribution in [0, 0.1) is 11.3 Å². The lowest BCUT2D eigenvalue weighted by Gasteiger charge is -2.09. The smallest absolute Gasteiger partial charge is 0.236 e. The monoisotopic (exact) mass is 374 g/mol. The fraction of sp³-hybridized carbons (Fsp3) is 0.0526. The van der Waals surface area contributed by atoms with E-state index in [1.165, 1.54) is 18.0 Å². The molecule has 0 radical (unpaired) electrons. The predicted molar refractivity (Wildman–Crippen MR) is 103 cm³/mol. The van der Waals surface area contributed by atoms with Crippen LogP contribution in [0.25, 0.3) is 11.2 Å². The number of benzene rings is 1. The molecule has 1 aromatic carbocycles. The van der Waals surface area contributed by atoms with E-state index in [0.717, 1.165) is 16.4 Å². The Hall–Kier alpha value is -3.57. The van der Waals surface area contributed by atoms with Gasteiger partial charge in [-0.1, -0.05) is 36.0 Å². The predicted octanol–water partition coefficient (Wildman–Crippen LogP) is 3.12. The molecule has 8 heteroatoms. The van der Waals surface area contributed by atoms with Crippen LogP contribution in [0.4, 0.5) is 5.82 Å². The zero-order chi connectivity index (χ0) is 18.6. The number of carbonyl (C=O) groups excluding carboxylic acids is 1. The van der Waals surface area contributed by atoms with Crippen molar-refractivity contribution in [2.24, 2.45) is 0 Å². The van der Waals surface area contributed by atoms with Crippen molar-refractivity contribution in [2.75, 3.05) is 11.1 Å². The summed E-state index contributed by atoms with van der Waals surface area (Å²) in [5.41, 5.74) is 2.04. The lowest BCUT2D eigenvalue weighted by molar-refractivity contribution is -0.113. The first kappa shape index (κ1) is 16.9. The molecule has 0 saturated heterocycles. The molecule has 4 aromatic rings. The van der Waals surface area contributed by atoms with Crippen molar-refractivity contribution in [2.45, 2.75) is 5.16 Å². The third-order valence-electron chi connectivity index (χ3n) is 3.89. The van der Waals surface area contributed by atoms with Gasteiger partial charge in [-0.25, -0.2) is 9.67 Å². The van der Waals surface area contributed by atoms with Crippen LogP contribution in [0.1, 0.15) is 5.56 Å². The fourth-order valence-corrected chi connectivity index (χ4v) is 3.40. The maximum absolute atomic E-state index is 12.5. The van der Waals surface area contributed by atoms with Gasteiger partial charge in [-0.2, -0.15) is 10.4 Å². The van der Waals surface area contributed by atoms with E-state index in [1.807, 2.05) is 59.1 Å². The highest BCUT2D eigenvalue weighted by atomic mass is 32.2. The van der Waals surface area contributed by atoms with Crippen LogP contribution in [0.5, 0.6) is 0 Å². The topological polar surface area (TPSA) is 88.0 Å². The summed E-state index contributed by atoms with van der Waals surface area (Å²) in [4.78, 5) is 16.8. The van der Waals surface area contributed by atoms with Crippen molar-refractivity contribution >= 4 is 29.0 Å². The molecule has 4 rings (SSSR count). The molecule has 3 aromatic heterocycles. The van der Waals surface area contributed by atoms with Crippen LogP contribution >= 0.6 is 11.8 Å². The summed E-state index contributed by atoms with van der Waals surface area (Å²) in [5.74, 6) is 0.294. The summed E-state index contributed by atoms with van der Waals surface area (Å²) in [7, 11) is 0. The molecule has 1 N–H and O–H groups in total. The molecular weight excluding hydrogens is 360 g/mol. The largest absolute Gasteiger partial charge is 0.309 e. The van der Waals surface area contributed by atoms with E-state index in [-0.39, 0.29) is 11.7 Å². The zero-order valence-electron chi connectivity index (χ0n) is 14.1. The second-order valence-corrected chi connectivity index (χ2v) is 6.58. The number of para-hydroxylation sites is 1. The van der Waals surface area contributed by atoms with Gasteiger partial charge in [0.2, 0.25) is 5.91 Å². The number of imidazole rings is 1. The second-order valence-electron chi connectivity index (χ2n) is 5.64. The first-order chi connectivity index (χ1) is 13.3. The minimum absolute atomic E-state index is 0.166. The molecule has 3 heterocycles. The van der Waals surface area contributed by atoms with Crippen molar-refractivity contribution < 1.29 is 4.79 Å². The molecule has 0 unspecified atom stereocenters. The summed E-state index contributed by atoms with van der Waals surface area (Å²) in [6, 6.07) is 17.2. The Balaban J connectivity index is 1.51. The Morgan fingerprint density at radius 1 is 1.15 bits per heavy atom. The number of rotatable bonds is 5. The number of nitrogens with one attached hydrogen (secondary N) is 1. The normalized spacial score (nSPS) is 10.6. The lowest BCUT2D eigenvalue weighted by Crippen LogP contribution is -2.18. The van der Waals surface area contributed by atoms with Crippen LogP contribution in [-0.2, 0) is 4.79 Å². The first-order valence-electron chi connectivity index (χ1n) is 8.14. The Morgan fingerprint density at radius 2 is 1.96 bits per heavy atom. The number of carbonyl (C=O) groups is 1. The summed E-state index contributed by atoms with van der Waals surface area (Å²) >= 11 is 1.33. The number of nitrogens with zero attached hydrogens (tertiary/aromatic N) is 5. The van der Waals surface area contributed by atoms with Crippen molar-refractivity contribution in [1.82, 2.24) is 19.2 Å². The van der Waals surface area contributed by atoms with Gasteiger partial charge in [-0.05, 0) is 24.3 Å². The molecule has 0 aliphatic carbocycles. The molecule has 0 aliphatic rings. The maximum atomic E-state index is 12.5. The molecule has 7 nitrogen and oxygen atoms in total. The Labute approximate surface area is 159 Å². The molecule has 0 fully saturated rings. The highest BCUT2D eigenvalue weighted by Gasteiger charge is 2.16. The van der Waals surface area contributed by atoms with Gasteiger partial charge < -0.3 is 5.32 Å². The van der Waals surface area contributed by atoms with E-state index in [1.54, 1.807) is 10.9 Å². The molecular formula is C19H14N6OS. The minimum Gasteiger partial charge on any atom is -0.309 e. The van der Waals surface area contributed by atoms with E-state index in [4.69, 9.17) is 0 Å². The van der Waals surface area contributed by atoms with Crippen LogP contribution in [0.15, 0.2) is 72.3 Å². The average molecular weight is 374 g/mol. The molecule has 0 saturated carbocycles. The van der Waals surface area contributed by atoms with Gasteiger partial charge in [0, 0.05) is 6.20 Å². The quantitative estimate of drug-likeness (QED) is 0.542. The number of hydrogen-bond donors (Lipinski definition) is 1. The maximum Gasteiger partial charge on any atom is 0.236 e. The summed E-state index contributed by atoms with van der Waals surface area (Å²) in [5, 5.41) is 17.1. The molecule has 1 amide bonds. The summed E-state index contributed by atoms with van der Waals surface area (Å²) < 4.78 is 3.47. The van der Waals surface area contributed by atoms with Gasteiger partial charge >= 0.3 is 0 Å². The number of thioether (sulfide) groups is 1. The lowest BCUT2D eigenvalue weighted by atomic mass is 10.3. The second kappa shape index (κ2) is 7.35. The highest BCUT2D eigenvalue weighted by Crippen LogP contribution is 2.22. The molecule has 0 aliphatic heterocycles. The zero-order valence-corrected chi connectivity index (χ0v) is 14.9. The molecule has 0 spiro atoms. The number of anilines is 1. The van der Waals surface area contributed by atoms with Crippen LogP contribution in [-0.4, -0.2) is 30.8 Å². The van der Waals surface area contributed by atoms with E-state index < -0.39 is 0 Å². The van der Waals surface area contributed by atoms with E-state index >= 15 is 0 Å². The third kappa shape index (κ3) is 3.41. The number of fused-ring (bicyclic) bond motifs is 1. The Morgan fingerprint density at radius 3 is 2.78 bits per heavy atom. The number of nitriles is 1. The van der Waals surface area contributed by atoms with Crippen LogP contribution in [0.2, 0.25) is 0 Å². The minimum atomic E-state index is -0.234. The third-order valence-corrected chi connectivity index (χ3v) is 4.85. The molecule has 27 heavy (non-hydrogen) atoms. The van der Waals surface area contributed by atoms with E-state index in [2.05, 4.69) is 21.5 Å². The van der Waals surface area contributed by atoms with Crippen LogP contribution < -0.4 is 5.32 Å². The molecule has 0 bridgehead atoms. The van der Waals surface area contributed by atoms with E-state index in [0.29, 0.717) is 11.4 Å². The van der Waals surface area contributed by atoms with Crippen molar-refractivity contribution in [3.8, 4) is 11.8 Å². The van der Waals surface area contributed by atoms with Crippen molar-refractivity contribution in [3.63, 3.8) is 0 Å². The van der Waals surface area contributed by atoms with Gasteiger partial charge in [0.05, 0.1) is 29.4 Å². The highest BCUT2D eigenvalue weighted by molar-refractivity contribution is 7.99. The fourth-order valence-electron chi connectivity index (χ4n) is 2.64. The van der Waals surface area contributed by atoms with E-state index in [9.17, 15) is 10.1 Å². The summed E-state index contributed by atoms with van der Waals surface area (Å²) in [6.07, 6.45) is 5.11. The SMILES string of the molecule is N#Cc1cnn(-c2ccccc2)c1NC(=O)CSc1ncc2ccccn12. The van der Waals surface area contributed by atoms with Gasteiger partial charge in [-0.15, -0.1) is 0 Å². The Bertz CT molecular complexity index is 1140. The number of aromatic nitrogens is 4. The van der Waals surface area contributed by atoms with Gasteiger partial charge in [0.25, 0.3) is 0 Å². The van der Waals surface area contributed by atoms with Gasteiger partial charge in [0.15, 0.2) is 11.0 Å². The Kier molecular flexibility index (Phi) is 4.60. The molecule has 132 valence electrons. The average Bonchev–Trinajstić information content (AvgIpc) is 3.31. The number of pyridine rings is 1. The van der Waals surface area contributed by atoms with Crippen molar-refractivity contribution in [1.29, 1.82) is 5.26 Å². The number of amides is 1. The van der Waals surface area contributed by atoms with Crippen LogP contribution in [0.3, 0.4) is 0 Å². The molecule has 0 atom stereocenters.